The quantitative estimate of drug-likeness (QED) is 0.748. The number of piperidine rings is 1. The molecule has 3 aromatic rings. The molecule has 2 aliphatic rings. The number of hydrogen-bond donors (Lipinski definition) is 1. The van der Waals surface area contributed by atoms with E-state index in [1.165, 1.54) is 25.1 Å². The van der Waals surface area contributed by atoms with E-state index < -0.39 is 0 Å². The second-order valence-corrected chi connectivity index (χ2v) is 7.78. The molecule has 2 atom stereocenters. The van der Waals surface area contributed by atoms with Crippen LogP contribution in [-0.4, -0.2) is 53.8 Å². The Morgan fingerprint density at radius 1 is 1.11 bits per heavy atom. The molecule has 7 heteroatoms. The molecule has 6 nitrogen and oxygen atoms in total. The molecule has 0 bridgehead atoms. The van der Waals surface area contributed by atoms with Crippen molar-refractivity contribution in [2.24, 2.45) is 5.92 Å². The molecule has 1 N–H and O–H groups in total. The number of hydrogen-bond acceptors (Lipinski definition) is 6. The monoisotopic (exact) mass is 381 g/mol. The van der Waals surface area contributed by atoms with Gasteiger partial charge in [-0.3, -0.25) is 4.90 Å². The van der Waals surface area contributed by atoms with Gasteiger partial charge in [0.1, 0.15) is 11.6 Å². The van der Waals surface area contributed by atoms with Crippen LogP contribution in [0.25, 0.3) is 11.0 Å². The van der Waals surface area contributed by atoms with Crippen LogP contribution in [0.15, 0.2) is 47.1 Å². The highest BCUT2D eigenvalue weighted by molar-refractivity contribution is 5.88. The molecule has 28 heavy (non-hydrogen) atoms. The summed E-state index contributed by atoms with van der Waals surface area (Å²) < 4.78 is 18.5. The molecule has 2 fully saturated rings. The average Bonchev–Trinajstić information content (AvgIpc) is 3.17. The first kappa shape index (κ1) is 17.4. The number of pyridine rings is 1. The Labute approximate surface area is 163 Å². The minimum atomic E-state index is -0.302. The minimum Gasteiger partial charge on any atom is -0.370 e. The molecule has 0 spiro atoms. The van der Waals surface area contributed by atoms with Crippen LogP contribution in [0.1, 0.15) is 12.8 Å². The Bertz CT molecular complexity index is 943. The van der Waals surface area contributed by atoms with Gasteiger partial charge in [-0.1, -0.05) is 17.3 Å². The Morgan fingerprint density at radius 2 is 2.04 bits per heavy atom. The summed E-state index contributed by atoms with van der Waals surface area (Å²) in [6, 6.07) is 11.8. The predicted octanol–water partition coefficient (Wildman–Crippen LogP) is 3.37. The summed E-state index contributed by atoms with van der Waals surface area (Å²) in [5, 5.41) is 8.78. The normalized spacial score (nSPS) is 23.0. The molecule has 5 rings (SSSR count). The predicted molar refractivity (Wildman–Crippen MR) is 107 cm³/mol. The van der Waals surface area contributed by atoms with E-state index in [1.54, 1.807) is 6.07 Å². The number of nitrogens with one attached hydrogen (secondary N) is 1. The van der Waals surface area contributed by atoms with E-state index in [0.29, 0.717) is 12.0 Å². The van der Waals surface area contributed by atoms with Gasteiger partial charge in [-0.2, -0.15) is 0 Å². The smallest absolute Gasteiger partial charge is 0.180 e. The van der Waals surface area contributed by atoms with Crippen molar-refractivity contribution >= 4 is 22.6 Å². The number of benzene rings is 1. The standard InChI is InChI=1S/C21H24FN5O/c22-16-6-8-20(24-12-16)23-11-15-5-7-17-14-27(10-9-26(17)13-15)21-18-3-1-2-4-19(18)28-25-21/h1-4,6,8,12,15,17H,5,7,9-11,13-14H2,(H,23,24)/t15-,17+/m0/s1. The van der Waals surface area contributed by atoms with Crippen molar-refractivity contribution in [2.45, 2.75) is 18.9 Å². The second kappa shape index (κ2) is 7.39. The molecule has 0 amide bonds. The Morgan fingerprint density at radius 3 is 2.93 bits per heavy atom. The Kier molecular flexibility index (Phi) is 4.60. The van der Waals surface area contributed by atoms with Crippen LogP contribution >= 0.6 is 0 Å². The van der Waals surface area contributed by atoms with Crippen LogP contribution in [0.5, 0.6) is 0 Å². The van der Waals surface area contributed by atoms with Crippen molar-refractivity contribution in [1.82, 2.24) is 15.0 Å². The van der Waals surface area contributed by atoms with Crippen molar-refractivity contribution in [2.75, 3.05) is 42.9 Å². The summed E-state index contributed by atoms with van der Waals surface area (Å²) in [5.74, 6) is 2.00. The van der Waals surface area contributed by atoms with Crippen LogP contribution in [0.3, 0.4) is 0 Å². The third-order valence-electron chi connectivity index (χ3n) is 5.96. The van der Waals surface area contributed by atoms with E-state index in [2.05, 4.69) is 31.3 Å². The van der Waals surface area contributed by atoms with Crippen LogP contribution in [0.2, 0.25) is 0 Å². The fourth-order valence-electron chi connectivity index (χ4n) is 4.45. The van der Waals surface area contributed by atoms with Crippen molar-refractivity contribution in [3.63, 3.8) is 0 Å². The lowest BCUT2D eigenvalue weighted by Gasteiger charge is -2.46. The highest BCUT2D eigenvalue weighted by Gasteiger charge is 2.34. The van der Waals surface area contributed by atoms with Gasteiger partial charge in [0.05, 0.1) is 11.6 Å². The van der Waals surface area contributed by atoms with Gasteiger partial charge in [-0.05, 0) is 43.0 Å². The first-order valence-corrected chi connectivity index (χ1v) is 9.95. The van der Waals surface area contributed by atoms with Crippen molar-refractivity contribution in [3.05, 3.63) is 48.4 Å². The molecular weight excluding hydrogens is 357 g/mol. The number of piperazine rings is 1. The van der Waals surface area contributed by atoms with Crippen molar-refractivity contribution < 1.29 is 8.91 Å². The zero-order chi connectivity index (χ0) is 18.9. The minimum absolute atomic E-state index is 0.302. The highest BCUT2D eigenvalue weighted by Crippen LogP contribution is 2.31. The first-order valence-electron chi connectivity index (χ1n) is 9.95. The molecule has 0 aliphatic carbocycles. The van der Waals surface area contributed by atoms with E-state index in [4.69, 9.17) is 4.52 Å². The Hall–Kier alpha value is -2.67. The summed E-state index contributed by atoms with van der Waals surface area (Å²) in [4.78, 5) is 9.06. The van der Waals surface area contributed by atoms with Crippen molar-refractivity contribution in [3.8, 4) is 0 Å². The summed E-state index contributed by atoms with van der Waals surface area (Å²) in [6.07, 6.45) is 3.62. The number of aromatic nitrogens is 2. The number of halogens is 1. The maximum absolute atomic E-state index is 13.0. The SMILES string of the molecule is Fc1ccc(NC[C@@H]2CC[C@@H]3CN(c4noc5ccccc45)CCN3C2)nc1. The van der Waals surface area contributed by atoms with Crippen LogP contribution in [0.4, 0.5) is 16.0 Å². The van der Waals surface area contributed by atoms with Crippen LogP contribution < -0.4 is 10.2 Å². The summed E-state index contributed by atoms with van der Waals surface area (Å²) in [5.41, 5.74) is 0.851. The zero-order valence-corrected chi connectivity index (χ0v) is 15.7. The van der Waals surface area contributed by atoms with E-state index in [-0.39, 0.29) is 5.82 Å². The third-order valence-corrected chi connectivity index (χ3v) is 5.96. The first-order chi connectivity index (χ1) is 13.8. The third kappa shape index (κ3) is 3.42. The van der Waals surface area contributed by atoms with Gasteiger partial charge < -0.3 is 14.7 Å². The molecule has 2 saturated heterocycles. The van der Waals surface area contributed by atoms with E-state index >= 15 is 0 Å². The molecule has 2 aliphatic heterocycles. The fourth-order valence-corrected chi connectivity index (χ4v) is 4.45. The summed E-state index contributed by atoms with van der Waals surface area (Å²) in [7, 11) is 0. The van der Waals surface area contributed by atoms with Gasteiger partial charge in [0.15, 0.2) is 11.4 Å². The van der Waals surface area contributed by atoms with Gasteiger partial charge in [0.2, 0.25) is 0 Å². The highest BCUT2D eigenvalue weighted by atomic mass is 19.1. The molecule has 0 radical (unpaired) electrons. The second-order valence-electron chi connectivity index (χ2n) is 7.78. The van der Waals surface area contributed by atoms with Gasteiger partial charge in [0.25, 0.3) is 0 Å². The number of anilines is 2. The lowest BCUT2D eigenvalue weighted by molar-refractivity contribution is 0.0994. The molecule has 1 aromatic carbocycles. The number of nitrogens with zero attached hydrogens (tertiary/aromatic N) is 4. The van der Waals surface area contributed by atoms with Crippen molar-refractivity contribution in [1.29, 1.82) is 0 Å². The van der Waals surface area contributed by atoms with Crippen LogP contribution in [0, 0.1) is 11.7 Å². The van der Waals surface area contributed by atoms with E-state index in [0.717, 1.165) is 55.3 Å². The van der Waals surface area contributed by atoms with E-state index in [1.807, 2.05) is 18.2 Å². The maximum atomic E-state index is 13.0. The van der Waals surface area contributed by atoms with E-state index in [9.17, 15) is 4.39 Å². The van der Waals surface area contributed by atoms with Gasteiger partial charge >= 0.3 is 0 Å². The number of fused-ring (bicyclic) bond motifs is 2. The number of para-hydroxylation sites is 1. The molecule has 0 unspecified atom stereocenters. The number of rotatable bonds is 4. The average molecular weight is 381 g/mol. The Balaban J connectivity index is 1.19. The van der Waals surface area contributed by atoms with Gasteiger partial charge in [-0.15, -0.1) is 0 Å². The maximum Gasteiger partial charge on any atom is 0.180 e. The molecule has 0 saturated carbocycles. The topological polar surface area (TPSA) is 57.4 Å². The van der Waals surface area contributed by atoms with Crippen LogP contribution in [-0.2, 0) is 0 Å². The lowest BCUT2D eigenvalue weighted by Crippen LogP contribution is -2.57. The fraction of sp³-hybridized carbons (Fsp3) is 0.429. The molecular formula is C21H24FN5O. The molecule has 4 heterocycles. The summed E-state index contributed by atoms with van der Waals surface area (Å²) in [6.45, 7) is 4.96. The van der Waals surface area contributed by atoms with Gasteiger partial charge in [0, 0.05) is 38.8 Å². The van der Waals surface area contributed by atoms with Gasteiger partial charge in [-0.25, -0.2) is 9.37 Å². The molecule has 146 valence electrons. The summed E-state index contributed by atoms with van der Waals surface area (Å²) >= 11 is 0. The molecule has 2 aromatic heterocycles. The largest absolute Gasteiger partial charge is 0.370 e. The zero-order valence-electron chi connectivity index (χ0n) is 15.7. The lowest BCUT2D eigenvalue weighted by atomic mass is 9.91.